The van der Waals surface area contributed by atoms with E-state index in [0.717, 1.165) is 30.0 Å². The zero-order chi connectivity index (χ0) is 26.3. The van der Waals surface area contributed by atoms with Crippen LogP contribution in [0, 0.1) is 17.1 Å². The molecule has 0 radical (unpaired) electrons. The van der Waals surface area contributed by atoms with Gasteiger partial charge < -0.3 is 10.2 Å². The first kappa shape index (κ1) is 25.5. The van der Waals surface area contributed by atoms with E-state index in [1.165, 1.54) is 23.1 Å². The molecule has 2 aromatic rings. The summed E-state index contributed by atoms with van der Waals surface area (Å²) in [5, 5.41) is 11.5. The number of unbranched alkanes of at least 4 members (excludes halogenated alkanes) is 1. The van der Waals surface area contributed by atoms with Crippen LogP contribution in [0.5, 0.6) is 0 Å². The van der Waals surface area contributed by atoms with Crippen LogP contribution in [0.15, 0.2) is 30.5 Å². The smallest absolute Gasteiger partial charge is 0.352 e. The van der Waals surface area contributed by atoms with Gasteiger partial charge in [0.15, 0.2) is 10.8 Å². The molecule has 1 N–H and O–H groups in total. The number of aromatic nitrogens is 1. The molecular weight excluding hydrogens is 498 g/mol. The van der Waals surface area contributed by atoms with Gasteiger partial charge in [0, 0.05) is 12.2 Å². The fraction of sp³-hybridized carbons (Fsp3) is 0.375. The highest BCUT2D eigenvalue weighted by molar-refractivity contribution is 7.81. The van der Waals surface area contributed by atoms with Crippen molar-refractivity contribution in [2.45, 2.75) is 50.7 Å². The highest BCUT2D eigenvalue weighted by atomic mass is 32.1. The molecule has 1 saturated heterocycles. The predicted molar refractivity (Wildman–Crippen MR) is 127 cm³/mol. The van der Waals surface area contributed by atoms with E-state index < -0.39 is 40.6 Å². The Labute approximate surface area is 209 Å². The van der Waals surface area contributed by atoms with Gasteiger partial charge in [-0.05, 0) is 62.2 Å². The number of rotatable bonds is 6. The molecule has 1 saturated carbocycles. The number of alkyl halides is 3. The summed E-state index contributed by atoms with van der Waals surface area (Å²) in [6.07, 6.45) is -0.897. The second-order valence-corrected chi connectivity index (χ2v) is 8.98. The minimum atomic E-state index is -4.87. The van der Waals surface area contributed by atoms with E-state index in [1.807, 2.05) is 6.92 Å². The standard InChI is InChI=1S/C24H21F4N5O2S/c1-2-3-9-30-20(34)16-6-5-14(11-18(16)25)33-22(36)32(21(35)23(33)7-4-8-23)15-10-17(24(26,27)28)19(12-29)31-13-15/h5-6,10-11,13H,2-4,7-9H2,1H3,(H,30,34). The first-order valence-electron chi connectivity index (χ1n) is 11.3. The molecule has 1 aromatic heterocycles. The normalized spacial score (nSPS) is 16.8. The van der Waals surface area contributed by atoms with Crippen molar-refractivity contribution >= 4 is 40.5 Å². The molecule has 0 unspecified atom stereocenters. The van der Waals surface area contributed by atoms with Crippen molar-refractivity contribution in [1.29, 1.82) is 5.26 Å². The third-order valence-electron chi connectivity index (χ3n) is 6.41. The lowest BCUT2D eigenvalue weighted by Gasteiger charge is -2.43. The van der Waals surface area contributed by atoms with Gasteiger partial charge in [-0.15, -0.1) is 0 Å². The van der Waals surface area contributed by atoms with Crippen molar-refractivity contribution in [2.75, 3.05) is 16.3 Å². The largest absolute Gasteiger partial charge is 0.419 e. The van der Waals surface area contributed by atoms with E-state index in [4.69, 9.17) is 17.5 Å². The Hall–Kier alpha value is -3.59. The SMILES string of the molecule is CCCCNC(=O)c1ccc(N2C(=S)N(c3cnc(C#N)c(C(F)(F)F)c3)C(=O)C23CCC3)cc1F. The Bertz CT molecular complexity index is 1290. The lowest BCUT2D eigenvalue weighted by Crippen LogP contribution is -2.55. The minimum Gasteiger partial charge on any atom is -0.352 e. The molecule has 1 aliphatic heterocycles. The zero-order valence-electron chi connectivity index (χ0n) is 19.2. The van der Waals surface area contributed by atoms with Crippen molar-refractivity contribution in [1.82, 2.24) is 10.3 Å². The molecule has 188 valence electrons. The van der Waals surface area contributed by atoms with Gasteiger partial charge in [0.05, 0.1) is 23.0 Å². The van der Waals surface area contributed by atoms with Crippen LogP contribution >= 0.6 is 12.2 Å². The van der Waals surface area contributed by atoms with Gasteiger partial charge in [0.1, 0.15) is 17.4 Å². The Morgan fingerprint density at radius 3 is 2.56 bits per heavy atom. The lowest BCUT2D eigenvalue weighted by atomic mass is 9.75. The molecule has 7 nitrogen and oxygen atoms in total. The molecule has 0 atom stereocenters. The number of carbonyl (C=O) groups excluding carboxylic acids is 2. The van der Waals surface area contributed by atoms with Gasteiger partial charge in [-0.25, -0.2) is 9.37 Å². The molecule has 2 fully saturated rings. The number of nitrogens with zero attached hydrogens (tertiary/aromatic N) is 4. The summed E-state index contributed by atoms with van der Waals surface area (Å²) in [5.41, 5.74) is -3.50. The molecule has 1 spiro atoms. The average Bonchev–Trinajstić information content (AvgIpc) is 3.04. The number of thiocarbonyl (C=S) groups is 1. The second kappa shape index (κ2) is 9.46. The molecular formula is C24H21F4N5O2S. The summed E-state index contributed by atoms with van der Waals surface area (Å²) in [6, 6.07) is 5.90. The highest BCUT2D eigenvalue weighted by Gasteiger charge is 2.59. The molecule has 1 aromatic carbocycles. The van der Waals surface area contributed by atoms with E-state index in [-0.39, 0.29) is 22.1 Å². The highest BCUT2D eigenvalue weighted by Crippen LogP contribution is 2.48. The minimum absolute atomic E-state index is 0.140. The number of benzene rings is 1. The van der Waals surface area contributed by atoms with Crippen LogP contribution in [0.1, 0.15) is 60.6 Å². The average molecular weight is 520 g/mol. The van der Waals surface area contributed by atoms with Crippen molar-refractivity contribution < 1.29 is 27.2 Å². The third-order valence-corrected chi connectivity index (χ3v) is 6.77. The fourth-order valence-corrected chi connectivity index (χ4v) is 4.86. The van der Waals surface area contributed by atoms with Gasteiger partial charge in [-0.1, -0.05) is 13.3 Å². The van der Waals surface area contributed by atoms with Crippen LogP contribution in [0.3, 0.4) is 0 Å². The summed E-state index contributed by atoms with van der Waals surface area (Å²) in [6.45, 7) is 2.36. The second-order valence-electron chi connectivity index (χ2n) is 8.62. The molecule has 1 aliphatic carbocycles. The summed E-state index contributed by atoms with van der Waals surface area (Å²) >= 11 is 5.50. The fourth-order valence-electron chi connectivity index (χ4n) is 4.39. The molecule has 2 aliphatic rings. The molecule has 2 amide bonds. The maximum absolute atomic E-state index is 15.0. The molecule has 2 heterocycles. The van der Waals surface area contributed by atoms with Gasteiger partial charge in [-0.3, -0.25) is 14.5 Å². The van der Waals surface area contributed by atoms with E-state index in [2.05, 4.69) is 10.3 Å². The summed E-state index contributed by atoms with van der Waals surface area (Å²) in [5.74, 6) is -1.94. The number of hydrogen-bond donors (Lipinski definition) is 1. The van der Waals surface area contributed by atoms with Crippen LogP contribution in [-0.4, -0.2) is 34.0 Å². The van der Waals surface area contributed by atoms with Gasteiger partial charge in [0.2, 0.25) is 0 Å². The molecule has 12 heteroatoms. The molecule has 4 rings (SSSR count). The van der Waals surface area contributed by atoms with E-state index in [1.54, 1.807) is 0 Å². The number of nitriles is 1. The first-order chi connectivity index (χ1) is 17.0. The summed E-state index contributed by atoms with van der Waals surface area (Å²) in [7, 11) is 0. The number of nitrogens with one attached hydrogen (secondary N) is 1. The maximum Gasteiger partial charge on any atom is 0.419 e. The van der Waals surface area contributed by atoms with E-state index in [0.29, 0.717) is 31.9 Å². The summed E-state index contributed by atoms with van der Waals surface area (Å²) < 4.78 is 55.5. The quantitative estimate of drug-likeness (QED) is 0.338. The van der Waals surface area contributed by atoms with Gasteiger partial charge >= 0.3 is 6.18 Å². The number of hydrogen-bond acceptors (Lipinski definition) is 5. The van der Waals surface area contributed by atoms with Crippen molar-refractivity contribution in [2.24, 2.45) is 0 Å². The van der Waals surface area contributed by atoms with Crippen molar-refractivity contribution in [3.05, 3.63) is 53.1 Å². The number of pyridine rings is 1. The van der Waals surface area contributed by atoms with Crippen LogP contribution in [0.2, 0.25) is 0 Å². The van der Waals surface area contributed by atoms with Crippen molar-refractivity contribution in [3.8, 4) is 6.07 Å². The van der Waals surface area contributed by atoms with Crippen LogP contribution in [-0.2, 0) is 11.0 Å². The van der Waals surface area contributed by atoms with Crippen LogP contribution in [0.25, 0.3) is 0 Å². The molecule has 0 bridgehead atoms. The van der Waals surface area contributed by atoms with Gasteiger partial charge in [0.25, 0.3) is 11.8 Å². The third kappa shape index (κ3) is 4.17. The topological polar surface area (TPSA) is 89.3 Å². The Balaban J connectivity index is 1.71. The lowest BCUT2D eigenvalue weighted by molar-refractivity contribution is -0.138. The maximum atomic E-state index is 15.0. The van der Waals surface area contributed by atoms with Crippen LogP contribution < -0.4 is 15.1 Å². The number of anilines is 2. The Morgan fingerprint density at radius 1 is 1.28 bits per heavy atom. The Kier molecular flexibility index (Phi) is 6.70. The van der Waals surface area contributed by atoms with E-state index >= 15 is 0 Å². The number of amides is 2. The monoisotopic (exact) mass is 519 g/mol. The van der Waals surface area contributed by atoms with E-state index in [9.17, 15) is 27.2 Å². The zero-order valence-corrected chi connectivity index (χ0v) is 20.0. The van der Waals surface area contributed by atoms with Crippen LogP contribution in [0.4, 0.5) is 28.9 Å². The van der Waals surface area contributed by atoms with Crippen molar-refractivity contribution in [3.63, 3.8) is 0 Å². The predicted octanol–water partition coefficient (Wildman–Crippen LogP) is 4.70. The Morgan fingerprint density at radius 2 is 2.00 bits per heavy atom. The first-order valence-corrected chi connectivity index (χ1v) is 11.7. The molecule has 36 heavy (non-hydrogen) atoms. The number of carbonyl (C=O) groups is 2. The summed E-state index contributed by atoms with van der Waals surface area (Å²) in [4.78, 5) is 31.8. The number of halogens is 4. The van der Waals surface area contributed by atoms with Gasteiger partial charge in [-0.2, -0.15) is 18.4 Å².